The first-order valence-corrected chi connectivity index (χ1v) is 26.6. The van der Waals surface area contributed by atoms with Gasteiger partial charge in [-0.1, -0.05) is 36.4 Å². The number of aromatic nitrogens is 4. The van der Waals surface area contributed by atoms with Gasteiger partial charge >= 0.3 is 0 Å². The summed E-state index contributed by atoms with van der Waals surface area (Å²) in [5.74, 6) is 0.171. The number of carbonyl (C=O) groups excluding carboxylic acids is 4. The molecule has 4 aromatic heterocycles. The van der Waals surface area contributed by atoms with Gasteiger partial charge in [0, 0.05) is 60.1 Å². The number of halogens is 1. The Morgan fingerprint density at radius 1 is 0.544 bits per heavy atom. The molecule has 0 unspecified atom stereocenters. The molecular weight excluding hydrogens is 1060 g/mol. The van der Waals surface area contributed by atoms with Gasteiger partial charge in [0.15, 0.2) is 0 Å². The first-order chi connectivity index (χ1) is 37.1. The second-order valence-electron chi connectivity index (χ2n) is 20.1. The van der Waals surface area contributed by atoms with Crippen LogP contribution in [0.3, 0.4) is 0 Å². The minimum absolute atomic E-state index is 0. The summed E-state index contributed by atoms with van der Waals surface area (Å²) in [6, 6.07) is 32.7. The molecule has 8 rings (SSSR count). The zero-order chi connectivity index (χ0) is 56.3. The fourth-order valence-corrected chi connectivity index (χ4v) is 9.27. The number of thiophene rings is 2. The summed E-state index contributed by atoms with van der Waals surface area (Å²) in [6.45, 7) is 14.2. The van der Waals surface area contributed by atoms with Crippen molar-refractivity contribution in [2.75, 3.05) is 86.3 Å². The van der Waals surface area contributed by atoms with E-state index in [1.54, 1.807) is 85.2 Å². The molecule has 0 bridgehead atoms. The van der Waals surface area contributed by atoms with E-state index in [-0.39, 0.29) is 36.0 Å². The lowest BCUT2D eigenvalue weighted by Crippen LogP contribution is -2.21. The summed E-state index contributed by atoms with van der Waals surface area (Å²) in [4.78, 5) is 76.6. The maximum atomic E-state index is 13.1. The normalized spacial score (nSPS) is 11.2. The third-order valence-corrected chi connectivity index (χ3v) is 14.4. The number of hydrogen-bond donors (Lipinski definition) is 6. The molecule has 408 valence electrons. The average molecular weight is 1120 g/mol. The average Bonchev–Trinajstić information content (AvgIpc) is 4.06. The predicted molar refractivity (Wildman–Crippen MR) is 320 cm³/mol. The van der Waals surface area contributed by atoms with Crippen molar-refractivity contribution in [3.63, 3.8) is 0 Å². The summed E-state index contributed by atoms with van der Waals surface area (Å²) < 4.78 is 0. The number of nitrogens with zero attached hydrogens (tertiary/aromatic N) is 8. The van der Waals surface area contributed by atoms with E-state index in [0.29, 0.717) is 76.0 Å². The van der Waals surface area contributed by atoms with Gasteiger partial charge in [-0.15, -0.1) is 35.1 Å². The maximum Gasteiger partial charge on any atom is 0.265 e. The second-order valence-corrected chi connectivity index (χ2v) is 22.1. The number of aryl methyl sites for hydroxylation is 2. The number of benzene rings is 4. The molecule has 4 heterocycles. The van der Waals surface area contributed by atoms with Gasteiger partial charge in [-0.3, -0.25) is 19.2 Å². The van der Waals surface area contributed by atoms with E-state index >= 15 is 0 Å². The Bertz CT molecular complexity index is 3380. The zero-order valence-corrected chi connectivity index (χ0v) is 48.1. The van der Waals surface area contributed by atoms with Gasteiger partial charge in [0.05, 0.1) is 45.1 Å². The van der Waals surface area contributed by atoms with Gasteiger partial charge in [0.1, 0.15) is 32.3 Å². The minimum Gasteiger partial charge on any atom is -0.367 e. The van der Waals surface area contributed by atoms with Crippen molar-refractivity contribution in [1.29, 1.82) is 10.5 Å². The van der Waals surface area contributed by atoms with Crippen molar-refractivity contribution in [1.82, 2.24) is 29.7 Å². The van der Waals surface area contributed by atoms with Crippen molar-refractivity contribution in [2.45, 2.75) is 52.4 Å². The number of amides is 4. The monoisotopic (exact) mass is 1120 g/mol. The maximum absolute atomic E-state index is 13.1. The summed E-state index contributed by atoms with van der Waals surface area (Å²) in [5, 5.41) is 37.0. The number of carbonyl (C=O) groups is 4. The summed E-state index contributed by atoms with van der Waals surface area (Å²) in [6.07, 6.45) is 3.33. The topological polar surface area (TPSA) is 246 Å². The molecule has 4 aromatic carbocycles. The van der Waals surface area contributed by atoms with Crippen LogP contribution in [0.4, 0.5) is 34.4 Å². The first-order valence-electron chi connectivity index (χ1n) is 24.9. The second kappa shape index (κ2) is 26.3. The van der Waals surface area contributed by atoms with Crippen molar-refractivity contribution < 1.29 is 19.2 Å². The van der Waals surface area contributed by atoms with Gasteiger partial charge in [0.25, 0.3) is 23.6 Å². The van der Waals surface area contributed by atoms with E-state index < -0.39 is 10.8 Å². The molecule has 0 aliphatic rings. The number of nitriles is 2. The van der Waals surface area contributed by atoms with E-state index in [4.69, 9.17) is 0 Å². The lowest BCUT2D eigenvalue weighted by Gasteiger charge is -2.17. The van der Waals surface area contributed by atoms with Crippen LogP contribution in [0.25, 0.3) is 20.7 Å². The fraction of sp³-hybridized carbons (Fsp3) is 0.276. The number of rotatable bonds is 18. The van der Waals surface area contributed by atoms with E-state index in [1.165, 1.54) is 22.7 Å². The zero-order valence-electron chi connectivity index (χ0n) is 45.7. The molecule has 0 saturated carbocycles. The smallest absolute Gasteiger partial charge is 0.265 e. The van der Waals surface area contributed by atoms with Crippen LogP contribution in [-0.4, -0.2) is 108 Å². The largest absolute Gasteiger partial charge is 0.367 e. The van der Waals surface area contributed by atoms with Gasteiger partial charge in [-0.2, -0.15) is 10.5 Å². The Kier molecular flexibility index (Phi) is 19.9. The van der Waals surface area contributed by atoms with Crippen LogP contribution in [-0.2, 0) is 10.8 Å². The molecule has 0 fully saturated rings. The van der Waals surface area contributed by atoms with E-state index in [9.17, 15) is 29.7 Å². The highest BCUT2D eigenvalue weighted by Gasteiger charge is 2.23. The van der Waals surface area contributed by atoms with Crippen LogP contribution >= 0.6 is 35.1 Å². The molecule has 18 nitrogen and oxygen atoms in total. The third-order valence-electron chi connectivity index (χ3n) is 12.4. The van der Waals surface area contributed by atoms with Gasteiger partial charge in [0.2, 0.25) is 0 Å². The SMILES string of the molecule is Cc1ccc(NC(=O)c2cccc(C(C)(C)C#N)c2)cc1NC(=O)c1cc2ncc(NCCN(C)C)nc2s1.Cc1ccc(NC(=O)c2cccc(C(C)(C)C#N)c2)cc1NC(=O)c1cc2ncc(NCCN(C)C)nc2s1.Cl. The highest BCUT2D eigenvalue weighted by Crippen LogP contribution is 2.30. The standard InChI is InChI=1S/2C29H31N7O2S.ClH/c2*1-18-9-10-21(33-26(37)19-7-6-8-20(13-19)29(2,3)17-30)14-22(18)34-27(38)24-15-23-28(39-24)35-25(16-32-23)31-11-12-36(4)5;/h2*6-10,13-16H,11-12H2,1-5H3,(H,31,35)(H,33,37)(H,34,38);1H. The Hall–Kier alpha value is -8.37. The van der Waals surface area contributed by atoms with Crippen LogP contribution < -0.4 is 31.9 Å². The highest BCUT2D eigenvalue weighted by molar-refractivity contribution is 7.20. The van der Waals surface area contributed by atoms with Crippen LogP contribution in [0.2, 0.25) is 0 Å². The summed E-state index contributed by atoms with van der Waals surface area (Å²) >= 11 is 2.55. The number of fused-ring (bicyclic) bond motifs is 2. The van der Waals surface area contributed by atoms with Gasteiger partial charge in [-0.25, -0.2) is 19.9 Å². The first kappa shape index (κ1) is 59.9. The van der Waals surface area contributed by atoms with Gasteiger partial charge in [-0.05, 0) is 153 Å². The number of nitrogens with one attached hydrogen (secondary N) is 6. The van der Waals surface area contributed by atoms with Crippen LogP contribution in [0.15, 0.2) is 109 Å². The minimum atomic E-state index is -0.709. The van der Waals surface area contributed by atoms with Crippen molar-refractivity contribution in [2.24, 2.45) is 0 Å². The van der Waals surface area contributed by atoms with Crippen LogP contribution in [0.5, 0.6) is 0 Å². The Morgan fingerprint density at radius 3 is 1.30 bits per heavy atom. The van der Waals surface area contributed by atoms with E-state index in [2.05, 4.69) is 73.8 Å². The number of anilines is 6. The molecule has 0 radical (unpaired) electrons. The Balaban J connectivity index is 0.000000252. The molecule has 4 amide bonds. The number of hydrogen-bond acceptors (Lipinski definition) is 16. The number of likely N-dealkylation sites (N-methyl/N-ethyl adjacent to an activating group) is 2. The molecular formula is C58H63ClN14O4S2. The molecule has 0 aliphatic carbocycles. The van der Waals surface area contributed by atoms with E-state index in [0.717, 1.165) is 48.4 Å². The van der Waals surface area contributed by atoms with Crippen LogP contribution in [0, 0.1) is 36.5 Å². The molecule has 6 N–H and O–H groups in total. The predicted octanol–water partition coefficient (Wildman–Crippen LogP) is 11.0. The molecule has 21 heteroatoms. The van der Waals surface area contributed by atoms with Crippen molar-refractivity contribution in [3.05, 3.63) is 153 Å². The Morgan fingerprint density at radius 2 is 0.937 bits per heavy atom. The molecule has 0 atom stereocenters. The third kappa shape index (κ3) is 15.9. The lowest BCUT2D eigenvalue weighted by molar-refractivity contribution is 0.101. The van der Waals surface area contributed by atoms with E-state index in [1.807, 2.05) is 94.0 Å². The highest BCUT2D eigenvalue weighted by atomic mass is 35.5. The van der Waals surface area contributed by atoms with Crippen LogP contribution in [0.1, 0.15) is 90.0 Å². The Labute approximate surface area is 474 Å². The van der Waals surface area contributed by atoms with Crippen molar-refractivity contribution in [3.8, 4) is 12.1 Å². The molecule has 0 saturated heterocycles. The quantitative estimate of drug-likeness (QED) is 0.0468. The summed E-state index contributed by atoms with van der Waals surface area (Å²) in [7, 11) is 8.01. The molecule has 0 aliphatic heterocycles. The lowest BCUT2D eigenvalue weighted by atomic mass is 9.85. The fourth-order valence-electron chi connectivity index (χ4n) is 7.51. The van der Waals surface area contributed by atoms with Gasteiger partial charge < -0.3 is 41.7 Å². The molecule has 0 spiro atoms. The molecule has 79 heavy (non-hydrogen) atoms. The molecule has 8 aromatic rings. The summed E-state index contributed by atoms with van der Waals surface area (Å²) in [5.41, 5.74) is 6.26. The van der Waals surface area contributed by atoms with Crippen molar-refractivity contribution >= 4 is 114 Å².